The van der Waals surface area contributed by atoms with E-state index in [1.54, 1.807) is 0 Å². The normalized spacial score (nSPS) is 18.0. The van der Waals surface area contributed by atoms with E-state index >= 15 is 0 Å². The summed E-state index contributed by atoms with van der Waals surface area (Å²) < 4.78 is 1.90. The fourth-order valence-corrected chi connectivity index (χ4v) is 2.89. The van der Waals surface area contributed by atoms with Gasteiger partial charge in [-0.2, -0.15) is 5.10 Å². The van der Waals surface area contributed by atoms with Gasteiger partial charge in [-0.25, -0.2) is 0 Å². The predicted octanol–water partition coefficient (Wildman–Crippen LogP) is 0.943. The van der Waals surface area contributed by atoms with Crippen LogP contribution in [0.15, 0.2) is 0 Å². The van der Waals surface area contributed by atoms with E-state index in [9.17, 15) is 4.79 Å². The molecule has 1 amide bonds. The van der Waals surface area contributed by atoms with Crippen molar-refractivity contribution in [1.29, 1.82) is 0 Å². The van der Waals surface area contributed by atoms with E-state index in [4.69, 9.17) is 0 Å². The highest BCUT2D eigenvalue weighted by Gasteiger charge is 2.40. The average molecular weight is 293 g/mol. The van der Waals surface area contributed by atoms with Gasteiger partial charge in [0.05, 0.1) is 5.69 Å². The lowest BCUT2D eigenvalue weighted by Gasteiger charge is -2.43. The van der Waals surface area contributed by atoms with Gasteiger partial charge in [0.1, 0.15) is 11.4 Å². The molecule has 6 heteroatoms. The first kappa shape index (κ1) is 15.8. The van der Waals surface area contributed by atoms with Gasteiger partial charge in [-0.15, -0.1) is 0 Å². The maximum atomic E-state index is 12.2. The zero-order valence-corrected chi connectivity index (χ0v) is 13.8. The Balaban J connectivity index is 2.35. The van der Waals surface area contributed by atoms with Crippen LogP contribution in [0, 0.1) is 6.92 Å². The molecule has 0 saturated carbocycles. The second-order valence-corrected chi connectivity index (χ2v) is 6.15. The van der Waals surface area contributed by atoms with Crippen molar-refractivity contribution in [3.05, 3.63) is 11.3 Å². The first-order chi connectivity index (χ1) is 9.89. The monoisotopic (exact) mass is 293 g/mol. The van der Waals surface area contributed by atoms with Crippen LogP contribution in [0.25, 0.3) is 0 Å². The van der Waals surface area contributed by atoms with Crippen LogP contribution in [-0.2, 0) is 18.4 Å². The zero-order valence-electron chi connectivity index (χ0n) is 13.8. The lowest BCUT2D eigenvalue weighted by Crippen LogP contribution is -2.62. The molecule has 0 aromatic carbocycles. The number of aromatic nitrogens is 2. The second-order valence-electron chi connectivity index (χ2n) is 6.15. The Morgan fingerprint density at radius 2 is 2.14 bits per heavy atom. The first-order valence-corrected chi connectivity index (χ1v) is 7.68. The summed E-state index contributed by atoms with van der Waals surface area (Å²) in [6, 6.07) is 0. The largest absolute Gasteiger partial charge is 0.352 e. The van der Waals surface area contributed by atoms with E-state index in [2.05, 4.69) is 27.6 Å². The van der Waals surface area contributed by atoms with Crippen molar-refractivity contribution in [2.75, 3.05) is 24.5 Å². The van der Waals surface area contributed by atoms with Crippen molar-refractivity contribution in [3.63, 3.8) is 0 Å². The maximum Gasteiger partial charge on any atom is 0.245 e. The molecule has 0 aliphatic carbocycles. The molecule has 1 aliphatic rings. The van der Waals surface area contributed by atoms with Gasteiger partial charge < -0.3 is 15.5 Å². The summed E-state index contributed by atoms with van der Waals surface area (Å²) in [6.07, 6.45) is 1.10. The predicted molar refractivity (Wildman–Crippen MR) is 84.4 cm³/mol. The van der Waals surface area contributed by atoms with Crippen molar-refractivity contribution in [2.45, 2.75) is 46.2 Å². The molecule has 6 nitrogen and oxygen atoms in total. The number of hydrogen-bond donors (Lipinski definition) is 2. The summed E-state index contributed by atoms with van der Waals surface area (Å²) in [5.74, 6) is 1.12. The van der Waals surface area contributed by atoms with Crippen LogP contribution in [-0.4, -0.2) is 40.9 Å². The summed E-state index contributed by atoms with van der Waals surface area (Å²) in [7, 11) is 1.95. The quantitative estimate of drug-likeness (QED) is 0.793. The first-order valence-electron chi connectivity index (χ1n) is 7.68. The van der Waals surface area contributed by atoms with E-state index in [-0.39, 0.29) is 5.91 Å². The summed E-state index contributed by atoms with van der Waals surface area (Å²) in [6.45, 7) is 11.4. The van der Waals surface area contributed by atoms with Crippen LogP contribution in [0.4, 0.5) is 5.82 Å². The fourth-order valence-electron chi connectivity index (χ4n) is 2.89. The van der Waals surface area contributed by atoms with Gasteiger partial charge in [0.2, 0.25) is 5.91 Å². The number of aryl methyl sites for hydroxylation is 2. The van der Waals surface area contributed by atoms with Gasteiger partial charge in [-0.1, -0.05) is 6.92 Å². The van der Waals surface area contributed by atoms with Gasteiger partial charge in [0, 0.05) is 32.2 Å². The molecule has 2 heterocycles. The molecule has 0 atom stereocenters. The van der Waals surface area contributed by atoms with E-state index in [1.165, 1.54) is 5.56 Å². The SMILES string of the molecule is CCCNCc1c(C)nn(C)c1N1CCNC(=O)C1(C)C. The minimum absolute atomic E-state index is 0.0695. The summed E-state index contributed by atoms with van der Waals surface area (Å²) in [5.41, 5.74) is 1.66. The van der Waals surface area contributed by atoms with Crippen molar-refractivity contribution >= 4 is 11.7 Å². The van der Waals surface area contributed by atoms with Crippen molar-refractivity contribution in [3.8, 4) is 0 Å². The summed E-state index contributed by atoms with van der Waals surface area (Å²) >= 11 is 0. The third-order valence-corrected chi connectivity index (χ3v) is 4.15. The third kappa shape index (κ3) is 2.90. The summed E-state index contributed by atoms with van der Waals surface area (Å²) in [5, 5.41) is 10.9. The molecule has 1 aromatic rings. The molecule has 2 N–H and O–H groups in total. The number of hydrogen-bond acceptors (Lipinski definition) is 4. The number of piperazine rings is 1. The number of amides is 1. The molecule has 1 aromatic heterocycles. The molecular weight excluding hydrogens is 266 g/mol. The van der Waals surface area contributed by atoms with E-state index in [0.717, 1.165) is 37.6 Å². The van der Waals surface area contributed by atoms with E-state index in [1.807, 2.05) is 32.5 Å². The van der Waals surface area contributed by atoms with Crippen LogP contribution >= 0.6 is 0 Å². The zero-order chi connectivity index (χ0) is 15.6. The smallest absolute Gasteiger partial charge is 0.245 e. The van der Waals surface area contributed by atoms with Crippen LogP contribution in [0.2, 0.25) is 0 Å². The molecule has 0 radical (unpaired) electrons. The van der Waals surface area contributed by atoms with Crippen LogP contribution < -0.4 is 15.5 Å². The Bertz CT molecular complexity index is 520. The van der Waals surface area contributed by atoms with Crippen molar-refractivity contribution in [2.24, 2.45) is 7.05 Å². The molecule has 0 unspecified atom stereocenters. The number of rotatable bonds is 5. The third-order valence-electron chi connectivity index (χ3n) is 4.15. The molecule has 0 bridgehead atoms. The molecule has 2 rings (SSSR count). The van der Waals surface area contributed by atoms with Crippen molar-refractivity contribution in [1.82, 2.24) is 20.4 Å². The topological polar surface area (TPSA) is 62.2 Å². The van der Waals surface area contributed by atoms with Gasteiger partial charge in [0.25, 0.3) is 0 Å². The van der Waals surface area contributed by atoms with E-state index < -0.39 is 5.54 Å². The molecule has 1 saturated heterocycles. The highest BCUT2D eigenvalue weighted by Crippen LogP contribution is 2.30. The van der Waals surface area contributed by atoms with Crippen LogP contribution in [0.5, 0.6) is 0 Å². The van der Waals surface area contributed by atoms with E-state index in [0.29, 0.717) is 6.54 Å². The number of carbonyl (C=O) groups excluding carboxylic acids is 1. The standard InChI is InChI=1S/C15H27N5O/c1-6-7-16-10-12-11(2)18-19(5)13(12)20-9-8-17-14(21)15(20,3)4/h16H,6-10H2,1-5H3,(H,17,21). The number of anilines is 1. The molecular formula is C15H27N5O. The molecule has 1 aliphatic heterocycles. The fraction of sp³-hybridized carbons (Fsp3) is 0.733. The highest BCUT2D eigenvalue weighted by atomic mass is 16.2. The second kappa shape index (κ2) is 6.05. The van der Waals surface area contributed by atoms with Gasteiger partial charge in [-0.05, 0) is 33.7 Å². The molecule has 118 valence electrons. The van der Waals surface area contributed by atoms with Crippen LogP contribution in [0.3, 0.4) is 0 Å². The Morgan fingerprint density at radius 3 is 2.81 bits per heavy atom. The molecule has 21 heavy (non-hydrogen) atoms. The number of carbonyl (C=O) groups is 1. The Kier molecular flexibility index (Phi) is 4.56. The Hall–Kier alpha value is -1.56. The Morgan fingerprint density at radius 1 is 1.43 bits per heavy atom. The van der Waals surface area contributed by atoms with Crippen molar-refractivity contribution < 1.29 is 4.79 Å². The van der Waals surface area contributed by atoms with Gasteiger partial charge in [-0.3, -0.25) is 9.48 Å². The van der Waals surface area contributed by atoms with Crippen LogP contribution in [0.1, 0.15) is 38.4 Å². The lowest BCUT2D eigenvalue weighted by atomic mass is 9.98. The lowest BCUT2D eigenvalue weighted by molar-refractivity contribution is -0.126. The Labute approximate surface area is 126 Å². The minimum atomic E-state index is -0.558. The maximum absolute atomic E-state index is 12.2. The minimum Gasteiger partial charge on any atom is -0.352 e. The molecule has 1 fully saturated rings. The molecule has 0 spiro atoms. The van der Waals surface area contributed by atoms with Gasteiger partial charge in [0.15, 0.2) is 0 Å². The number of nitrogens with zero attached hydrogens (tertiary/aromatic N) is 3. The average Bonchev–Trinajstić information content (AvgIpc) is 2.68. The number of nitrogens with one attached hydrogen (secondary N) is 2. The van der Waals surface area contributed by atoms with Gasteiger partial charge >= 0.3 is 0 Å². The summed E-state index contributed by atoms with van der Waals surface area (Å²) in [4.78, 5) is 14.4. The highest BCUT2D eigenvalue weighted by molar-refractivity contribution is 5.90.